The summed E-state index contributed by atoms with van der Waals surface area (Å²) in [4.78, 5) is 13.6. The van der Waals surface area contributed by atoms with Crippen molar-refractivity contribution in [3.05, 3.63) is 0 Å². The molecule has 0 fully saturated rings. The molecule has 94 valence electrons. The minimum absolute atomic E-state index is 0.0106. The van der Waals surface area contributed by atoms with Gasteiger partial charge >= 0.3 is 0 Å². The van der Waals surface area contributed by atoms with Crippen LogP contribution in [-0.4, -0.2) is 35.4 Å². The van der Waals surface area contributed by atoms with Gasteiger partial charge in [0.15, 0.2) is 5.84 Å². The summed E-state index contributed by atoms with van der Waals surface area (Å²) >= 11 is 0. The molecule has 1 amide bonds. The van der Waals surface area contributed by atoms with Gasteiger partial charge in [-0.3, -0.25) is 4.79 Å². The fourth-order valence-corrected chi connectivity index (χ4v) is 1.53. The Hall–Kier alpha value is -1.26. The van der Waals surface area contributed by atoms with Crippen molar-refractivity contribution < 1.29 is 10.0 Å². The quantitative estimate of drug-likeness (QED) is 0.311. The fourth-order valence-electron chi connectivity index (χ4n) is 1.53. The topological polar surface area (TPSA) is 78.9 Å². The number of hydrogen-bond acceptors (Lipinski definition) is 3. The molecule has 0 aromatic carbocycles. The van der Waals surface area contributed by atoms with Gasteiger partial charge in [-0.1, -0.05) is 32.3 Å². The standard InChI is InChI=1S/C11H23N3O2/c1-5-8(3)7-14(4)11(15)9(6-2)10(12)13-16/h8-9,16H,5-7H2,1-4H3,(H2,12,13). The highest BCUT2D eigenvalue weighted by atomic mass is 16.4. The summed E-state index contributed by atoms with van der Waals surface area (Å²) in [5.74, 6) is -0.153. The summed E-state index contributed by atoms with van der Waals surface area (Å²) in [6.45, 7) is 6.72. The number of oxime groups is 1. The molecule has 0 aliphatic rings. The van der Waals surface area contributed by atoms with Crippen molar-refractivity contribution >= 4 is 11.7 Å². The van der Waals surface area contributed by atoms with Crippen LogP contribution in [-0.2, 0) is 4.79 Å². The van der Waals surface area contributed by atoms with E-state index in [1.807, 2.05) is 6.92 Å². The molecule has 0 saturated heterocycles. The van der Waals surface area contributed by atoms with Gasteiger partial charge in [0.25, 0.3) is 0 Å². The summed E-state index contributed by atoms with van der Waals surface area (Å²) in [6.07, 6.45) is 1.57. The van der Waals surface area contributed by atoms with Crippen LogP contribution < -0.4 is 5.73 Å². The molecule has 3 N–H and O–H groups in total. The molecule has 0 aliphatic carbocycles. The van der Waals surface area contributed by atoms with E-state index in [0.29, 0.717) is 18.9 Å². The molecule has 0 aromatic heterocycles. The van der Waals surface area contributed by atoms with Gasteiger partial charge in [0.2, 0.25) is 5.91 Å². The van der Waals surface area contributed by atoms with Crippen molar-refractivity contribution in [2.45, 2.75) is 33.6 Å². The zero-order chi connectivity index (χ0) is 12.7. The van der Waals surface area contributed by atoms with E-state index in [2.05, 4.69) is 19.0 Å². The van der Waals surface area contributed by atoms with Crippen molar-refractivity contribution in [1.82, 2.24) is 4.90 Å². The predicted octanol–water partition coefficient (Wildman–Crippen LogP) is 1.26. The smallest absolute Gasteiger partial charge is 0.233 e. The largest absolute Gasteiger partial charge is 0.409 e. The first kappa shape index (κ1) is 14.7. The Balaban J connectivity index is 4.51. The molecule has 0 bridgehead atoms. The Morgan fingerprint density at radius 3 is 2.38 bits per heavy atom. The number of rotatable bonds is 6. The number of nitrogens with two attached hydrogens (primary N) is 1. The number of amides is 1. The third kappa shape index (κ3) is 4.08. The van der Waals surface area contributed by atoms with Gasteiger partial charge in [-0.15, -0.1) is 0 Å². The van der Waals surface area contributed by atoms with Crippen LogP contribution in [0.15, 0.2) is 5.16 Å². The molecule has 0 radical (unpaired) electrons. The summed E-state index contributed by atoms with van der Waals surface area (Å²) in [6, 6.07) is 0. The van der Waals surface area contributed by atoms with Crippen molar-refractivity contribution in [2.24, 2.45) is 22.7 Å². The zero-order valence-corrected chi connectivity index (χ0v) is 10.6. The normalized spacial score (nSPS) is 15.6. The third-order valence-electron chi connectivity index (χ3n) is 2.84. The second kappa shape index (κ2) is 7.09. The lowest BCUT2D eigenvalue weighted by molar-refractivity contribution is -0.132. The van der Waals surface area contributed by atoms with Crippen LogP contribution in [0.3, 0.4) is 0 Å². The molecule has 0 aliphatic heterocycles. The first-order valence-electron chi connectivity index (χ1n) is 5.70. The molecule has 16 heavy (non-hydrogen) atoms. The highest BCUT2D eigenvalue weighted by Gasteiger charge is 2.24. The van der Waals surface area contributed by atoms with Crippen molar-refractivity contribution in [1.29, 1.82) is 0 Å². The average Bonchev–Trinajstić information content (AvgIpc) is 2.28. The Morgan fingerprint density at radius 2 is 2.00 bits per heavy atom. The van der Waals surface area contributed by atoms with Crippen molar-refractivity contribution in [3.63, 3.8) is 0 Å². The SMILES string of the molecule is CCC(C)CN(C)C(=O)C(CC)C(N)=NO. The molecular weight excluding hydrogens is 206 g/mol. The highest BCUT2D eigenvalue weighted by Crippen LogP contribution is 2.10. The van der Waals surface area contributed by atoms with Crippen LogP contribution in [0.4, 0.5) is 0 Å². The van der Waals surface area contributed by atoms with E-state index in [1.54, 1.807) is 11.9 Å². The van der Waals surface area contributed by atoms with Gasteiger partial charge < -0.3 is 15.8 Å². The number of amidine groups is 1. The van der Waals surface area contributed by atoms with E-state index in [1.165, 1.54) is 0 Å². The second-order valence-corrected chi connectivity index (χ2v) is 4.22. The molecule has 2 atom stereocenters. The van der Waals surface area contributed by atoms with Crippen LogP contribution in [0, 0.1) is 11.8 Å². The average molecular weight is 229 g/mol. The van der Waals surface area contributed by atoms with Gasteiger partial charge in [0.1, 0.15) is 0 Å². The number of hydrogen-bond donors (Lipinski definition) is 2. The van der Waals surface area contributed by atoms with E-state index in [-0.39, 0.29) is 11.7 Å². The molecule has 2 unspecified atom stereocenters. The minimum atomic E-state index is -0.515. The van der Waals surface area contributed by atoms with Crippen LogP contribution in [0.1, 0.15) is 33.6 Å². The Labute approximate surface area is 97.3 Å². The molecule has 0 spiro atoms. The first-order valence-corrected chi connectivity index (χ1v) is 5.70. The summed E-state index contributed by atoms with van der Waals surface area (Å²) in [5.41, 5.74) is 5.48. The van der Waals surface area contributed by atoms with Crippen LogP contribution >= 0.6 is 0 Å². The maximum atomic E-state index is 12.0. The molecule has 5 nitrogen and oxygen atoms in total. The van der Waals surface area contributed by atoms with Gasteiger partial charge in [-0.25, -0.2) is 0 Å². The lowest BCUT2D eigenvalue weighted by atomic mass is 10.0. The fraction of sp³-hybridized carbons (Fsp3) is 0.818. The maximum absolute atomic E-state index is 12.0. The molecule has 0 rings (SSSR count). The van der Waals surface area contributed by atoms with Crippen molar-refractivity contribution in [3.8, 4) is 0 Å². The van der Waals surface area contributed by atoms with E-state index in [0.717, 1.165) is 6.42 Å². The Bertz CT molecular complexity index is 254. The molecular formula is C11H23N3O2. The molecule has 5 heteroatoms. The Morgan fingerprint density at radius 1 is 1.44 bits per heavy atom. The highest BCUT2D eigenvalue weighted by molar-refractivity contribution is 6.01. The number of carbonyl (C=O) groups is 1. The maximum Gasteiger partial charge on any atom is 0.233 e. The number of nitrogens with zero attached hydrogens (tertiary/aromatic N) is 2. The van der Waals surface area contributed by atoms with E-state index in [9.17, 15) is 4.79 Å². The lowest BCUT2D eigenvalue weighted by Crippen LogP contribution is -2.41. The molecule has 0 saturated carbocycles. The summed E-state index contributed by atoms with van der Waals surface area (Å²) in [7, 11) is 1.75. The number of carbonyl (C=O) groups excluding carboxylic acids is 1. The van der Waals surface area contributed by atoms with Crippen LogP contribution in [0.25, 0.3) is 0 Å². The summed E-state index contributed by atoms with van der Waals surface area (Å²) in [5, 5.41) is 11.5. The third-order valence-corrected chi connectivity index (χ3v) is 2.84. The van der Waals surface area contributed by atoms with Gasteiger partial charge in [0, 0.05) is 13.6 Å². The van der Waals surface area contributed by atoms with Gasteiger partial charge in [0.05, 0.1) is 5.92 Å². The van der Waals surface area contributed by atoms with Gasteiger partial charge in [-0.05, 0) is 12.3 Å². The lowest BCUT2D eigenvalue weighted by Gasteiger charge is -2.24. The van der Waals surface area contributed by atoms with Gasteiger partial charge in [-0.2, -0.15) is 0 Å². The molecule has 0 heterocycles. The predicted molar refractivity (Wildman–Crippen MR) is 64.3 cm³/mol. The Kier molecular flexibility index (Phi) is 6.53. The summed E-state index contributed by atoms with van der Waals surface area (Å²) < 4.78 is 0. The van der Waals surface area contributed by atoms with Crippen molar-refractivity contribution in [2.75, 3.05) is 13.6 Å². The molecule has 0 aromatic rings. The second-order valence-electron chi connectivity index (χ2n) is 4.22. The first-order chi connectivity index (χ1) is 7.47. The zero-order valence-electron chi connectivity index (χ0n) is 10.6. The van der Waals surface area contributed by atoms with Crippen LogP contribution in [0.2, 0.25) is 0 Å². The van der Waals surface area contributed by atoms with E-state index in [4.69, 9.17) is 10.9 Å². The van der Waals surface area contributed by atoms with E-state index >= 15 is 0 Å². The van der Waals surface area contributed by atoms with Crippen LogP contribution in [0.5, 0.6) is 0 Å². The van der Waals surface area contributed by atoms with E-state index < -0.39 is 5.92 Å². The minimum Gasteiger partial charge on any atom is -0.409 e. The monoisotopic (exact) mass is 229 g/mol.